The molecular weight excluding hydrogens is 247 g/mol. The molecular formula is C9H7FN4O2S. The first-order chi connectivity index (χ1) is 8.06. The van der Waals surface area contributed by atoms with Crippen LogP contribution in [-0.4, -0.2) is 15.1 Å². The SMILES string of the molecule is Nc1nnc(Cc2cc(F)ccc2[N+](=O)[O-])s1. The highest BCUT2D eigenvalue weighted by atomic mass is 32.1. The van der Waals surface area contributed by atoms with Gasteiger partial charge in [-0.15, -0.1) is 10.2 Å². The number of hydrogen-bond donors (Lipinski definition) is 1. The molecule has 1 heterocycles. The molecule has 88 valence electrons. The Morgan fingerprint density at radius 2 is 2.24 bits per heavy atom. The fraction of sp³-hybridized carbons (Fsp3) is 0.111. The van der Waals surface area contributed by atoms with Gasteiger partial charge in [0.15, 0.2) is 0 Å². The molecule has 0 saturated heterocycles. The van der Waals surface area contributed by atoms with Crippen LogP contribution in [0.5, 0.6) is 0 Å². The highest BCUT2D eigenvalue weighted by molar-refractivity contribution is 7.15. The summed E-state index contributed by atoms with van der Waals surface area (Å²) < 4.78 is 13.0. The number of aromatic nitrogens is 2. The molecule has 1 aromatic carbocycles. The van der Waals surface area contributed by atoms with Gasteiger partial charge in [0.1, 0.15) is 10.8 Å². The van der Waals surface area contributed by atoms with Crippen molar-refractivity contribution in [2.45, 2.75) is 6.42 Å². The quantitative estimate of drug-likeness (QED) is 0.665. The summed E-state index contributed by atoms with van der Waals surface area (Å²) in [6.45, 7) is 0. The number of benzene rings is 1. The van der Waals surface area contributed by atoms with Crippen LogP contribution >= 0.6 is 11.3 Å². The zero-order valence-corrected chi connectivity index (χ0v) is 9.28. The molecule has 6 nitrogen and oxygen atoms in total. The maximum Gasteiger partial charge on any atom is 0.273 e. The Hall–Kier alpha value is -2.09. The minimum Gasteiger partial charge on any atom is -0.374 e. The van der Waals surface area contributed by atoms with E-state index in [1.165, 1.54) is 0 Å². The normalized spacial score (nSPS) is 10.4. The molecule has 1 aromatic heterocycles. The predicted molar refractivity (Wildman–Crippen MR) is 60.2 cm³/mol. The van der Waals surface area contributed by atoms with Crippen LogP contribution in [-0.2, 0) is 6.42 Å². The summed E-state index contributed by atoms with van der Waals surface area (Å²) >= 11 is 1.12. The second-order valence-corrected chi connectivity index (χ2v) is 4.33. The molecule has 0 unspecified atom stereocenters. The summed E-state index contributed by atoms with van der Waals surface area (Å²) in [4.78, 5) is 10.2. The van der Waals surface area contributed by atoms with E-state index >= 15 is 0 Å². The van der Waals surface area contributed by atoms with Crippen LogP contribution in [0.25, 0.3) is 0 Å². The molecule has 2 rings (SSSR count). The zero-order valence-electron chi connectivity index (χ0n) is 8.46. The Bertz CT molecular complexity index is 572. The van der Waals surface area contributed by atoms with Crippen LogP contribution in [0, 0.1) is 15.9 Å². The van der Waals surface area contributed by atoms with Crippen LogP contribution in [0.15, 0.2) is 18.2 Å². The number of nitro groups is 1. The molecule has 0 aliphatic carbocycles. The van der Waals surface area contributed by atoms with Crippen LogP contribution in [0.3, 0.4) is 0 Å². The first kappa shape index (κ1) is 11.4. The van der Waals surface area contributed by atoms with Crippen LogP contribution < -0.4 is 5.73 Å². The van der Waals surface area contributed by atoms with Gasteiger partial charge in [0.2, 0.25) is 5.13 Å². The molecule has 8 heteroatoms. The molecule has 0 amide bonds. The Morgan fingerprint density at radius 1 is 1.47 bits per heavy atom. The average Bonchev–Trinajstić information content (AvgIpc) is 2.63. The van der Waals surface area contributed by atoms with Gasteiger partial charge in [0.25, 0.3) is 5.69 Å². The summed E-state index contributed by atoms with van der Waals surface area (Å²) in [5.41, 5.74) is 5.51. The molecule has 0 bridgehead atoms. The van der Waals surface area contributed by atoms with Gasteiger partial charge in [0, 0.05) is 18.1 Å². The Balaban J connectivity index is 2.37. The van der Waals surface area contributed by atoms with Gasteiger partial charge in [-0.05, 0) is 12.1 Å². The lowest BCUT2D eigenvalue weighted by Crippen LogP contribution is -1.97. The van der Waals surface area contributed by atoms with Gasteiger partial charge < -0.3 is 5.73 Å². The van der Waals surface area contributed by atoms with E-state index in [4.69, 9.17) is 5.73 Å². The highest BCUT2D eigenvalue weighted by Gasteiger charge is 2.16. The summed E-state index contributed by atoms with van der Waals surface area (Å²) in [6, 6.07) is 3.31. The van der Waals surface area contributed by atoms with Gasteiger partial charge >= 0.3 is 0 Å². The molecule has 0 aliphatic rings. The molecule has 0 spiro atoms. The lowest BCUT2D eigenvalue weighted by Gasteiger charge is -2.00. The third-order valence-corrected chi connectivity index (χ3v) is 2.81. The number of nitrogens with zero attached hydrogens (tertiary/aromatic N) is 3. The van der Waals surface area contributed by atoms with E-state index in [2.05, 4.69) is 10.2 Å². The number of hydrogen-bond acceptors (Lipinski definition) is 6. The Morgan fingerprint density at radius 3 is 2.82 bits per heavy atom. The fourth-order valence-electron chi connectivity index (χ4n) is 1.37. The summed E-state index contributed by atoms with van der Waals surface area (Å²) in [5, 5.41) is 18.9. The largest absolute Gasteiger partial charge is 0.374 e. The Kier molecular flexibility index (Phi) is 2.96. The van der Waals surface area contributed by atoms with Crippen molar-refractivity contribution in [3.8, 4) is 0 Å². The molecule has 2 N–H and O–H groups in total. The van der Waals surface area contributed by atoms with Crippen LogP contribution in [0.4, 0.5) is 15.2 Å². The predicted octanol–water partition coefficient (Wildman–Crippen LogP) is 1.76. The average molecular weight is 254 g/mol. The van der Waals surface area contributed by atoms with Crippen molar-refractivity contribution >= 4 is 22.2 Å². The lowest BCUT2D eigenvalue weighted by atomic mass is 10.1. The van der Waals surface area contributed by atoms with Gasteiger partial charge in [0.05, 0.1) is 4.92 Å². The van der Waals surface area contributed by atoms with Gasteiger partial charge in [-0.2, -0.15) is 0 Å². The van der Waals surface area contributed by atoms with E-state index < -0.39 is 10.7 Å². The van der Waals surface area contributed by atoms with Crippen molar-refractivity contribution < 1.29 is 9.31 Å². The number of nitrogen functional groups attached to an aromatic ring is 1. The lowest BCUT2D eigenvalue weighted by molar-refractivity contribution is -0.385. The number of nitro benzene ring substituents is 1. The number of anilines is 1. The molecule has 0 aliphatic heterocycles. The third kappa shape index (κ3) is 2.53. The Labute approximate surface area is 99.1 Å². The fourth-order valence-corrected chi connectivity index (χ4v) is 2.01. The maximum absolute atomic E-state index is 13.0. The standard InChI is InChI=1S/C9H7FN4O2S/c10-6-1-2-7(14(15)16)5(3-6)4-8-12-13-9(11)17-8/h1-3H,4H2,(H2,11,13). The summed E-state index contributed by atoms with van der Waals surface area (Å²) in [6.07, 6.45) is 0.142. The summed E-state index contributed by atoms with van der Waals surface area (Å²) in [7, 11) is 0. The number of rotatable bonds is 3. The van der Waals surface area contributed by atoms with E-state index in [1.54, 1.807) is 0 Å². The first-order valence-electron chi connectivity index (χ1n) is 4.57. The van der Waals surface area contributed by atoms with Gasteiger partial charge in [-0.1, -0.05) is 11.3 Å². The van der Waals surface area contributed by atoms with Crippen LogP contribution in [0.1, 0.15) is 10.6 Å². The molecule has 0 radical (unpaired) electrons. The summed E-state index contributed by atoms with van der Waals surface area (Å²) in [5.74, 6) is -0.525. The number of halogens is 1. The molecule has 17 heavy (non-hydrogen) atoms. The van der Waals surface area contributed by atoms with E-state index in [-0.39, 0.29) is 22.8 Å². The van der Waals surface area contributed by atoms with Crippen molar-refractivity contribution in [1.82, 2.24) is 10.2 Å². The van der Waals surface area contributed by atoms with Crippen molar-refractivity contribution in [3.05, 3.63) is 44.7 Å². The second kappa shape index (κ2) is 4.42. The van der Waals surface area contributed by atoms with E-state index in [0.717, 1.165) is 29.5 Å². The second-order valence-electron chi connectivity index (χ2n) is 3.24. The minimum atomic E-state index is -0.556. The van der Waals surface area contributed by atoms with Crippen molar-refractivity contribution in [2.24, 2.45) is 0 Å². The maximum atomic E-state index is 13.0. The van der Waals surface area contributed by atoms with Gasteiger partial charge in [-0.25, -0.2) is 4.39 Å². The molecule has 0 atom stereocenters. The topological polar surface area (TPSA) is 94.9 Å². The molecule has 0 fully saturated rings. The van der Waals surface area contributed by atoms with Crippen LogP contribution in [0.2, 0.25) is 0 Å². The smallest absolute Gasteiger partial charge is 0.273 e. The van der Waals surface area contributed by atoms with E-state index in [0.29, 0.717) is 5.01 Å². The minimum absolute atomic E-state index is 0.139. The highest BCUT2D eigenvalue weighted by Crippen LogP contribution is 2.24. The van der Waals surface area contributed by atoms with Crippen molar-refractivity contribution in [3.63, 3.8) is 0 Å². The van der Waals surface area contributed by atoms with E-state index in [1.807, 2.05) is 0 Å². The molecule has 2 aromatic rings. The monoisotopic (exact) mass is 254 g/mol. The van der Waals surface area contributed by atoms with Crippen molar-refractivity contribution in [2.75, 3.05) is 5.73 Å². The number of nitrogens with two attached hydrogens (primary N) is 1. The zero-order chi connectivity index (χ0) is 12.4. The first-order valence-corrected chi connectivity index (χ1v) is 5.38. The van der Waals surface area contributed by atoms with E-state index in [9.17, 15) is 14.5 Å². The molecule has 0 saturated carbocycles. The van der Waals surface area contributed by atoms with Crippen molar-refractivity contribution in [1.29, 1.82) is 0 Å². The third-order valence-electron chi connectivity index (χ3n) is 2.06. The van der Waals surface area contributed by atoms with Gasteiger partial charge in [-0.3, -0.25) is 10.1 Å².